The number of benzene rings is 1. The minimum absolute atomic E-state index is 0.426. The Kier molecular flexibility index (Phi) is 3.51. The second kappa shape index (κ2) is 5.62. The van der Waals surface area contributed by atoms with Gasteiger partial charge >= 0.3 is 0 Å². The third kappa shape index (κ3) is 2.84. The summed E-state index contributed by atoms with van der Waals surface area (Å²) in [6.45, 7) is 0. The lowest BCUT2D eigenvalue weighted by Gasteiger charge is -2.04. The summed E-state index contributed by atoms with van der Waals surface area (Å²) in [7, 11) is 1.57. The van der Waals surface area contributed by atoms with E-state index >= 15 is 0 Å². The van der Waals surface area contributed by atoms with Gasteiger partial charge in [0.25, 0.3) is 5.89 Å². The molecule has 106 valence electrons. The van der Waals surface area contributed by atoms with E-state index < -0.39 is 0 Å². The van der Waals surface area contributed by atoms with E-state index in [4.69, 9.17) is 15.0 Å². The summed E-state index contributed by atoms with van der Waals surface area (Å²) in [6.07, 6.45) is 2.26. The van der Waals surface area contributed by atoms with Crippen molar-refractivity contribution >= 4 is 5.69 Å². The number of rotatable bonds is 4. The molecule has 2 N–H and O–H groups in total. The van der Waals surface area contributed by atoms with Crippen LogP contribution in [-0.4, -0.2) is 22.2 Å². The van der Waals surface area contributed by atoms with Crippen LogP contribution in [0.15, 0.2) is 47.1 Å². The predicted octanol–water partition coefficient (Wildman–Crippen LogP) is 2.31. The number of nitrogens with two attached hydrogens (primary N) is 1. The molecule has 0 spiro atoms. The number of ether oxygens (including phenoxy) is 1. The zero-order chi connectivity index (χ0) is 14.7. The maximum Gasteiger partial charge on any atom is 0.258 e. The van der Waals surface area contributed by atoms with Gasteiger partial charge in [-0.1, -0.05) is 11.2 Å². The molecule has 3 rings (SSSR count). The van der Waals surface area contributed by atoms with Gasteiger partial charge in [-0.05, 0) is 30.3 Å². The number of hydrogen-bond acceptors (Lipinski definition) is 6. The molecule has 3 aromatic rings. The highest BCUT2D eigenvalue weighted by Crippen LogP contribution is 2.27. The smallest absolute Gasteiger partial charge is 0.258 e. The summed E-state index contributed by atoms with van der Waals surface area (Å²) in [6, 6.07) is 11.1. The summed E-state index contributed by atoms with van der Waals surface area (Å²) >= 11 is 0. The highest BCUT2D eigenvalue weighted by molar-refractivity contribution is 5.65. The van der Waals surface area contributed by atoms with E-state index in [9.17, 15) is 0 Å². The number of anilines is 1. The number of hydrogen-bond donors (Lipinski definition) is 1. The van der Waals surface area contributed by atoms with Gasteiger partial charge in [0.1, 0.15) is 5.75 Å². The maximum absolute atomic E-state index is 5.87. The van der Waals surface area contributed by atoms with Crippen LogP contribution in [0.5, 0.6) is 5.75 Å². The van der Waals surface area contributed by atoms with Crippen molar-refractivity contribution in [2.45, 2.75) is 6.42 Å². The lowest BCUT2D eigenvalue weighted by atomic mass is 10.2. The van der Waals surface area contributed by atoms with Crippen molar-refractivity contribution in [3.8, 4) is 17.2 Å². The Labute approximate surface area is 121 Å². The molecule has 0 aliphatic heterocycles. The molecule has 2 aromatic heterocycles. The first-order valence-corrected chi connectivity index (χ1v) is 6.42. The normalized spacial score (nSPS) is 10.5. The molecule has 0 aliphatic rings. The zero-order valence-electron chi connectivity index (χ0n) is 11.5. The molecule has 0 aliphatic carbocycles. The molecule has 2 heterocycles. The van der Waals surface area contributed by atoms with Crippen LogP contribution in [0.3, 0.4) is 0 Å². The second-order valence-corrected chi connectivity index (χ2v) is 4.47. The standard InChI is InChI=1S/C15H14N4O2/c1-20-13-6-5-10(8-12(13)16)15-18-14(19-21-15)9-11-4-2-3-7-17-11/h2-8H,9,16H2,1H3. The minimum atomic E-state index is 0.426. The highest BCUT2D eigenvalue weighted by Gasteiger charge is 2.11. The first-order chi connectivity index (χ1) is 10.3. The van der Waals surface area contributed by atoms with Gasteiger partial charge in [-0.25, -0.2) is 0 Å². The van der Waals surface area contributed by atoms with Crippen LogP contribution < -0.4 is 10.5 Å². The van der Waals surface area contributed by atoms with Crippen molar-refractivity contribution in [3.05, 3.63) is 54.1 Å². The summed E-state index contributed by atoms with van der Waals surface area (Å²) in [5.41, 5.74) is 8.05. The summed E-state index contributed by atoms with van der Waals surface area (Å²) < 4.78 is 10.4. The van der Waals surface area contributed by atoms with E-state index in [1.807, 2.05) is 24.3 Å². The number of nitrogen functional groups attached to an aromatic ring is 1. The summed E-state index contributed by atoms with van der Waals surface area (Å²) in [4.78, 5) is 8.59. The Morgan fingerprint density at radius 3 is 2.86 bits per heavy atom. The van der Waals surface area contributed by atoms with Gasteiger partial charge in [0.05, 0.1) is 19.2 Å². The second-order valence-electron chi connectivity index (χ2n) is 4.47. The Morgan fingerprint density at radius 1 is 1.24 bits per heavy atom. The SMILES string of the molecule is COc1ccc(-c2nc(Cc3ccccn3)no2)cc1N. The van der Waals surface area contributed by atoms with Gasteiger partial charge < -0.3 is 15.0 Å². The van der Waals surface area contributed by atoms with Crippen molar-refractivity contribution in [1.82, 2.24) is 15.1 Å². The Morgan fingerprint density at radius 2 is 2.14 bits per heavy atom. The molecular weight excluding hydrogens is 268 g/mol. The highest BCUT2D eigenvalue weighted by atomic mass is 16.5. The van der Waals surface area contributed by atoms with E-state index in [0.29, 0.717) is 29.6 Å². The van der Waals surface area contributed by atoms with Gasteiger partial charge in [-0.2, -0.15) is 4.98 Å². The minimum Gasteiger partial charge on any atom is -0.495 e. The molecule has 0 fully saturated rings. The maximum atomic E-state index is 5.87. The van der Waals surface area contributed by atoms with Crippen LogP contribution in [0.4, 0.5) is 5.69 Å². The fourth-order valence-electron chi connectivity index (χ4n) is 1.98. The number of methoxy groups -OCH3 is 1. The Balaban J connectivity index is 1.83. The first-order valence-electron chi connectivity index (χ1n) is 6.42. The van der Waals surface area contributed by atoms with E-state index in [1.54, 1.807) is 25.4 Å². The van der Waals surface area contributed by atoms with Crippen LogP contribution in [0.25, 0.3) is 11.5 Å². The monoisotopic (exact) mass is 282 g/mol. The molecule has 0 radical (unpaired) electrons. The third-order valence-electron chi connectivity index (χ3n) is 3.01. The topological polar surface area (TPSA) is 87.1 Å². The lowest BCUT2D eigenvalue weighted by Crippen LogP contribution is -1.94. The summed E-state index contributed by atoms with van der Waals surface area (Å²) in [5.74, 6) is 1.63. The lowest BCUT2D eigenvalue weighted by molar-refractivity contribution is 0.416. The molecule has 6 nitrogen and oxygen atoms in total. The van der Waals surface area contributed by atoms with Crippen LogP contribution in [-0.2, 0) is 6.42 Å². The van der Waals surface area contributed by atoms with Crippen molar-refractivity contribution < 1.29 is 9.26 Å². The van der Waals surface area contributed by atoms with Crippen LogP contribution in [0.2, 0.25) is 0 Å². The third-order valence-corrected chi connectivity index (χ3v) is 3.01. The molecule has 21 heavy (non-hydrogen) atoms. The van der Waals surface area contributed by atoms with Gasteiger partial charge in [0.2, 0.25) is 0 Å². The Bertz CT molecular complexity index is 740. The van der Waals surface area contributed by atoms with Crippen LogP contribution in [0, 0.1) is 0 Å². The predicted molar refractivity (Wildman–Crippen MR) is 77.7 cm³/mol. The van der Waals surface area contributed by atoms with Gasteiger partial charge in [-0.3, -0.25) is 4.98 Å². The van der Waals surface area contributed by atoms with Crippen molar-refractivity contribution in [2.75, 3.05) is 12.8 Å². The molecule has 0 bridgehead atoms. The van der Waals surface area contributed by atoms with Gasteiger partial charge in [-0.15, -0.1) is 0 Å². The molecule has 6 heteroatoms. The number of aromatic nitrogens is 3. The van der Waals surface area contributed by atoms with E-state index in [2.05, 4.69) is 15.1 Å². The average molecular weight is 282 g/mol. The number of pyridine rings is 1. The summed E-state index contributed by atoms with van der Waals surface area (Å²) in [5, 5.41) is 3.96. The molecular formula is C15H14N4O2. The zero-order valence-corrected chi connectivity index (χ0v) is 11.5. The average Bonchev–Trinajstić information content (AvgIpc) is 2.97. The van der Waals surface area contributed by atoms with Crippen molar-refractivity contribution in [3.63, 3.8) is 0 Å². The first kappa shape index (κ1) is 13.1. The fraction of sp³-hybridized carbons (Fsp3) is 0.133. The molecule has 0 amide bonds. The number of nitrogens with zero attached hydrogens (tertiary/aromatic N) is 3. The quantitative estimate of drug-likeness (QED) is 0.739. The largest absolute Gasteiger partial charge is 0.495 e. The van der Waals surface area contributed by atoms with E-state index in [-0.39, 0.29) is 0 Å². The molecule has 0 atom stereocenters. The van der Waals surface area contributed by atoms with Crippen molar-refractivity contribution in [1.29, 1.82) is 0 Å². The fourth-order valence-corrected chi connectivity index (χ4v) is 1.98. The molecule has 0 saturated heterocycles. The van der Waals surface area contributed by atoms with Crippen LogP contribution >= 0.6 is 0 Å². The molecule has 1 aromatic carbocycles. The molecule has 0 unspecified atom stereocenters. The van der Waals surface area contributed by atoms with E-state index in [0.717, 1.165) is 11.3 Å². The van der Waals surface area contributed by atoms with Crippen molar-refractivity contribution in [2.24, 2.45) is 0 Å². The Hall–Kier alpha value is -2.89. The van der Waals surface area contributed by atoms with Gasteiger partial charge in [0.15, 0.2) is 5.82 Å². The molecule has 0 saturated carbocycles. The van der Waals surface area contributed by atoms with E-state index in [1.165, 1.54) is 0 Å². The van der Waals surface area contributed by atoms with Gasteiger partial charge in [0, 0.05) is 17.5 Å². The van der Waals surface area contributed by atoms with Crippen LogP contribution in [0.1, 0.15) is 11.5 Å².